The van der Waals surface area contributed by atoms with Gasteiger partial charge in [-0.1, -0.05) is 26.2 Å². The van der Waals surface area contributed by atoms with Gasteiger partial charge in [-0.2, -0.15) is 4.31 Å². The van der Waals surface area contributed by atoms with Gasteiger partial charge < -0.3 is 10.1 Å². The first-order valence-corrected chi connectivity index (χ1v) is 12.3. The number of rotatable bonds is 6. The summed E-state index contributed by atoms with van der Waals surface area (Å²) in [5, 5.41) is 2.99. The minimum atomic E-state index is -3.55. The second-order valence-electron chi connectivity index (χ2n) is 8.41. The lowest BCUT2D eigenvalue weighted by molar-refractivity contribution is -0.130. The average Bonchev–Trinajstić information content (AvgIpc) is 2.76. The Morgan fingerprint density at radius 1 is 1.03 bits per heavy atom. The maximum absolute atomic E-state index is 12.7. The Kier molecular flexibility index (Phi) is 7.52. The van der Waals surface area contributed by atoms with E-state index >= 15 is 0 Å². The first-order valence-electron chi connectivity index (χ1n) is 10.9. The van der Waals surface area contributed by atoms with Crippen LogP contribution in [0, 0.1) is 5.92 Å². The van der Waals surface area contributed by atoms with Crippen molar-refractivity contribution in [3.8, 4) is 0 Å². The summed E-state index contributed by atoms with van der Waals surface area (Å²) < 4.78 is 32.2. The van der Waals surface area contributed by atoms with Crippen LogP contribution < -0.4 is 5.32 Å². The third-order valence-corrected chi connectivity index (χ3v) is 8.05. The zero-order chi connectivity index (χ0) is 21.7. The van der Waals surface area contributed by atoms with Crippen molar-refractivity contribution in [1.82, 2.24) is 9.62 Å². The molecule has 7 nitrogen and oxygen atoms in total. The smallest absolute Gasteiger partial charge is 0.338 e. The normalized spacial score (nSPS) is 24.1. The zero-order valence-corrected chi connectivity index (χ0v) is 18.6. The summed E-state index contributed by atoms with van der Waals surface area (Å²) >= 11 is 0. The van der Waals surface area contributed by atoms with Crippen LogP contribution in [0.2, 0.25) is 0 Å². The minimum absolute atomic E-state index is 0.117. The molecule has 0 spiro atoms. The second-order valence-corrected chi connectivity index (χ2v) is 10.4. The van der Waals surface area contributed by atoms with Gasteiger partial charge in [0.15, 0.2) is 6.10 Å². The Morgan fingerprint density at radius 3 is 2.30 bits per heavy atom. The fraction of sp³-hybridized carbons (Fsp3) is 0.636. The van der Waals surface area contributed by atoms with Crippen LogP contribution in [0.4, 0.5) is 0 Å². The van der Waals surface area contributed by atoms with Crippen molar-refractivity contribution >= 4 is 21.9 Å². The van der Waals surface area contributed by atoms with Crippen molar-refractivity contribution in [3.05, 3.63) is 29.8 Å². The molecule has 166 valence electrons. The molecular formula is C22H32N2O5S. The van der Waals surface area contributed by atoms with E-state index in [4.69, 9.17) is 4.74 Å². The van der Waals surface area contributed by atoms with E-state index in [1.165, 1.54) is 35.0 Å². The number of benzene rings is 1. The fourth-order valence-corrected chi connectivity index (χ4v) is 5.65. The molecular weight excluding hydrogens is 404 g/mol. The second kappa shape index (κ2) is 9.92. The van der Waals surface area contributed by atoms with Crippen LogP contribution in [-0.2, 0) is 19.6 Å². The summed E-state index contributed by atoms with van der Waals surface area (Å²) in [6.45, 7) is 4.73. The van der Waals surface area contributed by atoms with Gasteiger partial charge in [-0.25, -0.2) is 13.2 Å². The van der Waals surface area contributed by atoms with E-state index in [2.05, 4.69) is 12.2 Å². The number of piperidine rings is 1. The van der Waals surface area contributed by atoms with Gasteiger partial charge in [0.05, 0.1) is 10.5 Å². The van der Waals surface area contributed by atoms with Gasteiger partial charge >= 0.3 is 5.97 Å². The maximum atomic E-state index is 12.7. The summed E-state index contributed by atoms with van der Waals surface area (Å²) in [5.74, 6) is -0.525. The van der Waals surface area contributed by atoms with Crippen LogP contribution in [0.25, 0.3) is 0 Å². The first kappa shape index (κ1) is 22.7. The van der Waals surface area contributed by atoms with Crippen molar-refractivity contribution in [2.45, 2.75) is 75.8 Å². The van der Waals surface area contributed by atoms with Crippen LogP contribution >= 0.6 is 0 Å². The van der Waals surface area contributed by atoms with Gasteiger partial charge in [-0.3, -0.25) is 4.79 Å². The molecule has 1 aliphatic heterocycles. The zero-order valence-electron chi connectivity index (χ0n) is 17.8. The standard InChI is InChI=1S/C22H32N2O5S/c1-16-8-4-5-9-20(16)23-21(25)17(2)29-22(26)18-10-12-19(13-11-18)30(27,28)24-14-6-3-7-15-24/h10-13,16-17,20H,3-9,14-15H2,1-2H3,(H,23,25). The van der Waals surface area contributed by atoms with Gasteiger partial charge in [0.25, 0.3) is 5.91 Å². The quantitative estimate of drug-likeness (QED) is 0.692. The molecule has 1 aromatic carbocycles. The monoisotopic (exact) mass is 436 g/mol. The highest BCUT2D eigenvalue weighted by molar-refractivity contribution is 7.89. The number of hydrogen-bond donors (Lipinski definition) is 1. The van der Waals surface area contributed by atoms with E-state index in [1.54, 1.807) is 6.92 Å². The highest BCUT2D eigenvalue weighted by Gasteiger charge is 2.28. The first-order chi connectivity index (χ1) is 14.3. The molecule has 30 heavy (non-hydrogen) atoms. The number of sulfonamides is 1. The van der Waals surface area contributed by atoms with Crippen LogP contribution in [0.5, 0.6) is 0 Å². The molecule has 8 heteroatoms. The van der Waals surface area contributed by atoms with E-state index in [9.17, 15) is 18.0 Å². The molecule has 0 aromatic heterocycles. The average molecular weight is 437 g/mol. The Morgan fingerprint density at radius 2 is 1.67 bits per heavy atom. The summed E-state index contributed by atoms with van der Waals surface area (Å²) in [5.41, 5.74) is 0.221. The topological polar surface area (TPSA) is 92.8 Å². The van der Waals surface area contributed by atoms with E-state index in [0.29, 0.717) is 19.0 Å². The number of ether oxygens (including phenoxy) is 1. The number of hydrogen-bond acceptors (Lipinski definition) is 5. The number of carbonyl (C=O) groups is 2. The van der Waals surface area contributed by atoms with Crippen LogP contribution in [-0.4, -0.2) is 49.8 Å². The molecule has 1 heterocycles. The molecule has 1 saturated heterocycles. The van der Waals surface area contributed by atoms with Crippen LogP contribution in [0.15, 0.2) is 29.2 Å². The highest BCUT2D eigenvalue weighted by Crippen LogP contribution is 2.24. The van der Waals surface area contributed by atoms with Crippen molar-refractivity contribution in [2.75, 3.05) is 13.1 Å². The molecule has 2 fully saturated rings. The van der Waals surface area contributed by atoms with Gasteiger partial charge in [0.1, 0.15) is 0 Å². The minimum Gasteiger partial charge on any atom is -0.449 e. The van der Waals surface area contributed by atoms with E-state index in [1.807, 2.05) is 0 Å². The maximum Gasteiger partial charge on any atom is 0.338 e. The molecule has 3 rings (SSSR count). The summed E-state index contributed by atoms with van der Waals surface area (Å²) in [6, 6.07) is 5.84. The van der Waals surface area contributed by atoms with Crippen molar-refractivity contribution in [2.24, 2.45) is 5.92 Å². The molecule has 1 amide bonds. The van der Waals surface area contributed by atoms with Gasteiger partial charge in [-0.05, 0) is 62.8 Å². The summed E-state index contributed by atoms with van der Waals surface area (Å²) in [7, 11) is -3.55. The Bertz CT molecular complexity index is 847. The van der Waals surface area contributed by atoms with Gasteiger partial charge in [-0.15, -0.1) is 0 Å². The molecule has 3 unspecified atom stereocenters. The SMILES string of the molecule is CC(OC(=O)c1ccc(S(=O)(=O)N2CCCCC2)cc1)C(=O)NC1CCCCC1C. The third-order valence-electron chi connectivity index (χ3n) is 6.14. The van der Waals surface area contributed by atoms with E-state index in [-0.39, 0.29) is 22.4 Å². The van der Waals surface area contributed by atoms with Crippen molar-refractivity contribution in [1.29, 1.82) is 0 Å². The molecule has 1 aromatic rings. The Hall–Kier alpha value is -1.93. The largest absolute Gasteiger partial charge is 0.449 e. The van der Waals surface area contributed by atoms with Crippen LogP contribution in [0.1, 0.15) is 69.2 Å². The molecule has 0 radical (unpaired) electrons. The number of nitrogens with zero attached hydrogens (tertiary/aromatic N) is 1. The van der Waals surface area contributed by atoms with Gasteiger partial charge in [0.2, 0.25) is 10.0 Å². The molecule has 2 aliphatic rings. The molecule has 1 aliphatic carbocycles. The fourth-order valence-electron chi connectivity index (χ4n) is 4.13. The number of esters is 1. The lowest BCUT2D eigenvalue weighted by Crippen LogP contribution is -2.45. The third kappa shape index (κ3) is 5.40. The number of amides is 1. The predicted octanol–water partition coefficient (Wildman–Crippen LogP) is 3.10. The number of nitrogens with one attached hydrogen (secondary N) is 1. The van der Waals surface area contributed by atoms with Crippen LogP contribution in [0.3, 0.4) is 0 Å². The Balaban J connectivity index is 1.58. The summed E-state index contributed by atoms with van der Waals surface area (Å²) in [6.07, 6.45) is 6.17. The number of carbonyl (C=O) groups excluding carboxylic acids is 2. The lowest BCUT2D eigenvalue weighted by Gasteiger charge is -2.30. The Labute approximate surface area is 179 Å². The molecule has 1 saturated carbocycles. The highest BCUT2D eigenvalue weighted by atomic mass is 32.2. The lowest BCUT2D eigenvalue weighted by atomic mass is 9.86. The molecule has 3 atom stereocenters. The predicted molar refractivity (Wildman–Crippen MR) is 113 cm³/mol. The van der Waals surface area contributed by atoms with Crippen molar-refractivity contribution in [3.63, 3.8) is 0 Å². The van der Waals surface area contributed by atoms with Gasteiger partial charge in [0, 0.05) is 19.1 Å². The molecule has 0 bridgehead atoms. The van der Waals surface area contributed by atoms with E-state index < -0.39 is 22.1 Å². The molecule has 1 N–H and O–H groups in total. The van der Waals surface area contributed by atoms with Crippen molar-refractivity contribution < 1.29 is 22.7 Å². The summed E-state index contributed by atoms with van der Waals surface area (Å²) in [4.78, 5) is 25.0. The van der Waals surface area contributed by atoms with E-state index in [0.717, 1.165) is 38.5 Å².